The molecule has 0 amide bonds. The van der Waals surface area contributed by atoms with Crippen molar-refractivity contribution >= 4 is 17.5 Å². The summed E-state index contributed by atoms with van der Waals surface area (Å²) in [6.07, 6.45) is 1.74. The Labute approximate surface area is 102 Å². The molecule has 1 aliphatic rings. The van der Waals surface area contributed by atoms with E-state index < -0.39 is 5.82 Å². The second kappa shape index (κ2) is 3.90. The van der Waals surface area contributed by atoms with E-state index in [1.54, 1.807) is 11.0 Å². The number of hydrogen-bond donors (Lipinski definition) is 1. The van der Waals surface area contributed by atoms with Crippen LogP contribution in [-0.4, -0.2) is 16.5 Å². The van der Waals surface area contributed by atoms with Gasteiger partial charge in [-0.15, -0.1) is 0 Å². The van der Waals surface area contributed by atoms with E-state index in [1.165, 1.54) is 12.1 Å². The molecule has 0 saturated carbocycles. The smallest absolute Gasteiger partial charge is 0.222 e. The third-order valence-electron chi connectivity index (χ3n) is 2.94. The van der Waals surface area contributed by atoms with Crippen molar-refractivity contribution in [3.63, 3.8) is 0 Å². The topological polar surface area (TPSA) is 55.0 Å². The molecule has 6 heteroatoms. The summed E-state index contributed by atoms with van der Waals surface area (Å²) >= 11 is 0. The lowest BCUT2D eigenvalue weighted by molar-refractivity contribution is 0.611. The first kappa shape index (κ1) is 10.9. The highest BCUT2D eigenvalue weighted by Gasteiger charge is 2.24. The van der Waals surface area contributed by atoms with Gasteiger partial charge in [0.2, 0.25) is 5.95 Å². The van der Waals surface area contributed by atoms with Crippen molar-refractivity contribution in [2.75, 3.05) is 17.2 Å². The first-order valence-corrected chi connectivity index (χ1v) is 5.49. The minimum absolute atomic E-state index is 0.00347. The van der Waals surface area contributed by atoms with Crippen LogP contribution in [0.5, 0.6) is 0 Å². The van der Waals surface area contributed by atoms with Crippen molar-refractivity contribution in [1.29, 1.82) is 0 Å². The lowest BCUT2D eigenvalue weighted by Crippen LogP contribution is -2.17. The number of anilines is 3. The van der Waals surface area contributed by atoms with Crippen molar-refractivity contribution in [2.24, 2.45) is 0 Å². The molecule has 2 aromatic rings. The van der Waals surface area contributed by atoms with E-state index in [9.17, 15) is 8.78 Å². The summed E-state index contributed by atoms with van der Waals surface area (Å²) in [7, 11) is 0. The number of rotatable bonds is 1. The predicted molar refractivity (Wildman–Crippen MR) is 63.5 cm³/mol. The summed E-state index contributed by atoms with van der Waals surface area (Å²) in [5.74, 6) is -0.840. The molecule has 0 spiro atoms. The maximum atomic E-state index is 13.7. The fourth-order valence-corrected chi connectivity index (χ4v) is 2.13. The highest BCUT2D eigenvalue weighted by molar-refractivity contribution is 5.68. The van der Waals surface area contributed by atoms with Gasteiger partial charge >= 0.3 is 0 Å². The number of hydrogen-bond acceptors (Lipinski definition) is 4. The van der Waals surface area contributed by atoms with Crippen LogP contribution in [-0.2, 0) is 6.42 Å². The summed E-state index contributed by atoms with van der Waals surface area (Å²) in [5, 5.41) is 0. The van der Waals surface area contributed by atoms with Gasteiger partial charge in [0.05, 0.1) is 6.20 Å². The third kappa shape index (κ3) is 1.66. The minimum Gasteiger partial charge on any atom is -0.368 e. The molecule has 18 heavy (non-hydrogen) atoms. The van der Waals surface area contributed by atoms with Gasteiger partial charge in [-0.05, 0) is 24.1 Å². The quantitative estimate of drug-likeness (QED) is 0.839. The number of halogens is 2. The Morgan fingerprint density at radius 1 is 1.28 bits per heavy atom. The molecule has 0 saturated heterocycles. The molecule has 4 nitrogen and oxygen atoms in total. The van der Waals surface area contributed by atoms with Crippen LogP contribution < -0.4 is 10.6 Å². The van der Waals surface area contributed by atoms with Crippen LogP contribution >= 0.6 is 0 Å². The van der Waals surface area contributed by atoms with Crippen LogP contribution in [0.3, 0.4) is 0 Å². The normalized spacial score (nSPS) is 13.8. The van der Waals surface area contributed by atoms with E-state index in [2.05, 4.69) is 9.97 Å². The number of fused-ring (bicyclic) bond motifs is 1. The Morgan fingerprint density at radius 3 is 2.94 bits per heavy atom. The van der Waals surface area contributed by atoms with E-state index in [4.69, 9.17) is 5.73 Å². The zero-order valence-electron chi connectivity index (χ0n) is 9.40. The predicted octanol–water partition coefficient (Wildman–Crippen LogP) is 2.03. The fourth-order valence-electron chi connectivity index (χ4n) is 2.13. The number of nitrogen functional groups attached to an aromatic ring is 1. The summed E-state index contributed by atoms with van der Waals surface area (Å²) < 4.78 is 27.0. The van der Waals surface area contributed by atoms with Gasteiger partial charge in [0.25, 0.3) is 0 Å². The highest BCUT2D eigenvalue weighted by atomic mass is 19.1. The molecule has 0 radical (unpaired) electrons. The Morgan fingerprint density at radius 2 is 2.11 bits per heavy atom. The third-order valence-corrected chi connectivity index (χ3v) is 2.94. The monoisotopic (exact) mass is 248 g/mol. The van der Waals surface area contributed by atoms with Gasteiger partial charge in [0, 0.05) is 12.2 Å². The van der Waals surface area contributed by atoms with Crippen molar-refractivity contribution in [3.05, 3.63) is 41.6 Å². The Bertz CT molecular complexity index is 615. The second-order valence-electron chi connectivity index (χ2n) is 4.07. The van der Waals surface area contributed by atoms with Crippen LogP contribution in [0.4, 0.5) is 26.2 Å². The van der Waals surface area contributed by atoms with Crippen LogP contribution in [0.15, 0.2) is 24.4 Å². The average molecular weight is 248 g/mol. The molecule has 2 heterocycles. The minimum atomic E-state index is -0.568. The highest BCUT2D eigenvalue weighted by Crippen LogP contribution is 2.35. The van der Waals surface area contributed by atoms with Crippen LogP contribution in [0.2, 0.25) is 0 Å². The largest absolute Gasteiger partial charge is 0.368 e. The van der Waals surface area contributed by atoms with Crippen LogP contribution in [0.1, 0.15) is 5.56 Å². The maximum Gasteiger partial charge on any atom is 0.222 e. The molecule has 0 bridgehead atoms. The molecule has 0 fully saturated rings. The Kier molecular flexibility index (Phi) is 2.36. The molecule has 2 N–H and O–H groups in total. The van der Waals surface area contributed by atoms with E-state index in [-0.39, 0.29) is 17.6 Å². The number of aromatic nitrogens is 2. The van der Waals surface area contributed by atoms with Gasteiger partial charge in [0.15, 0.2) is 11.6 Å². The van der Waals surface area contributed by atoms with E-state index in [0.29, 0.717) is 12.2 Å². The maximum absolute atomic E-state index is 13.7. The van der Waals surface area contributed by atoms with Crippen molar-refractivity contribution in [1.82, 2.24) is 9.97 Å². The van der Waals surface area contributed by atoms with Crippen LogP contribution in [0, 0.1) is 11.6 Å². The van der Waals surface area contributed by atoms with Crippen molar-refractivity contribution in [2.45, 2.75) is 6.42 Å². The molecular formula is C12H10F2N4. The molecule has 1 aromatic carbocycles. The van der Waals surface area contributed by atoms with E-state index in [0.717, 1.165) is 18.2 Å². The van der Waals surface area contributed by atoms with Crippen molar-refractivity contribution in [3.8, 4) is 0 Å². The zero-order chi connectivity index (χ0) is 12.7. The summed E-state index contributed by atoms with van der Waals surface area (Å²) in [5.41, 5.74) is 7.05. The number of nitrogens with zero attached hydrogens (tertiary/aromatic N) is 3. The molecular weight excluding hydrogens is 238 g/mol. The summed E-state index contributed by atoms with van der Waals surface area (Å²) in [4.78, 5) is 9.07. The first-order valence-electron chi connectivity index (χ1n) is 5.49. The van der Waals surface area contributed by atoms with Gasteiger partial charge in [-0.25, -0.2) is 13.8 Å². The molecule has 0 unspecified atom stereocenters. The lowest BCUT2D eigenvalue weighted by atomic mass is 10.2. The van der Waals surface area contributed by atoms with Gasteiger partial charge in [-0.3, -0.25) is 0 Å². The summed E-state index contributed by atoms with van der Waals surface area (Å²) in [6, 6.07) is 4.47. The van der Waals surface area contributed by atoms with Gasteiger partial charge in [0.1, 0.15) is 5.82 Å². The zero-order valence-corrected chi connectivity index (χ0v) is 9.40. The lowest BCUT2D eigenvalue weighted by Gasteiger charge is -2.18. The number of nitrogens with two attached hydrogens (primary N) is 1. The molecule has 92 valence electrons. The standard InChI is InChI=1S/C12H10F2N4/c13-8-2-1-7-3-4-18(10(7)5-8)11-9(14)6-16-12(15)17-11/h1-2,5-6H,3-4H2,(H2,15,16,17). The van der Waals surface area contributed by atoms with Crippen LogP contribution in [0.25, 0.3) is 0 Å². The molecule has 0 atom stereocenters. The van der Waals surface area contributed by atoms with E-state index >= 15 is 0 Å². The first-order chi connectivity index (χ1) is 8.65. The Balaban J connectivity index is 2.11. The summed E-state index contributed by atoms with van der Waals surface area (Å²) in [6.45, 7) is 0.548. The SMILES string of the molecule is Nc1ncc(F)c(N2CCc3ccc(F)cc32)n1. The van der Waals surface area contributed by atoms with Gasteiger partial charge in [-0.2, -0.15) is 4.98 Å². The average Bonchev–Trinajstić information content (AvgIpc) is 2.75. The number of benzene rings is 1. The van der Waals surface area contributed by atoms with Gasteiger partial charge in [-0.1, -0.05) is 6.07 Å². The van der Waals surface area contributed by atoms with E-state index in [1.807, 2.05) is 0 Å². The Hall–Kier alpha value is -2.24. The molecule has 3 rings (SSSR count). The fraction of sp³-hybridized carbons (Fsp3) is 0.167. The van der Waals surface area contributed by atoms with Crippen molar-refractivity contribution < 1.29 is 8.78 Å². The molecule has 1 aromatic heterocycles. The second-order valence-corrected chi connectivity index (χ2v) is 4.07. The molecule has 0 aliphatic carbocycles. The van der Waals surface area contributed by atoms with Gasteiger partial charge < -0.3 is 10.6 Å². The molecule has 1 aliphatic heterocycles.